The Morgan fingerprint density at radius 2 is 0.357 bits per heavy atom. The molecule has 0 aliphatic heterocycles. The van der Waals surface area contributed by atoms with Crippen LogP contribution in [0.1, 0.15) is 0 Å². The molecule has 1 rings (SSSR count). The third kappa shape index (κ3) is 45.5. The Hall–Kier alpha value is -1.28. The molecule has 0 aliphatic carbocycles. The van der Waals surface area contributed by atoms with Crippen molar-refractivity contribution in [2.24, 2.45) is 0 Å². The average Bonchev–Trinajstić information content (AvgIpc) is 1.72. The molecule has 1 aromatic rings. The van der Waals surface area contributed by atoms with Gasteiger partial charge in [-0.2, -0.15) is 0 Å². The summed E-state index contributed by atoms with van der Waals surface area (Å²) in [6, 6.07) is 12.0. The molecular weight excluding hydrogens is 214 g/mol. The monoisotopic (exact) mass is 232 g/mol. The maximum atomic E-state index is 2.00. The third-order valence-electron chi connectivity index (χ3n) is 0.667. The van der Waals surface area contributed by atoms with Gasteiger partial charge >= 0.3 is 0 Å². The second-order valence-electron chi connectivity index (χ2n) is 1.15. The zero-order chi connectivity index (χ0) is 4.24. The molecule has 0 heterocycles. The van der Waals surface area contributed by atoms with E-state index in [-0.39, 0.29) is 40.5 Å². The van der Waals surface area contributed by atoms with Gasteiger partial charge in [0, 0.05) is 0 Å². The molecule has 0 aliphatic rings. The van der Waals surface area contributed by atoms with Crippen molar-refractivity contribution in [1.82, 2.24) is 12.3 Å². The molecule has 0 saturated heterocycles. The van der Waals surface area contributed by atoms with Crippen LogP contribution in [0.3, 0.4) is 0 Å². The second-order valence-corrected chi connectivity index (χ2v) is 1.15. The number of hydrogen-bond donors (Lipinski definition) is 2. The lowest BCUT2D eigenvalue weighted by Crippen LogP contribution is -1.47. The highest BCUT2D eigenvalue weighted by molar-refractivity contribution is 4.99. The van der Waals surface area contributed by atoms with E-state index >= 15 is 0 Å². The first kappa shape index (κ1) is 78.4. The summed E-state index contributed by atoms with van der Waals surface area (Å²) in [4.78, 5) is 0. The van der Waals surface area contributed by atoms with Crippen molar-refractivity contribution in [3.05, 3.63) is 36.4 Å². The summed E-state index contributed by atoms with van der Waals surface area (Å²) < 4.78 is 0. The van der Waals surface area contributed by atoms with Gasteiger partial charge < -0.3 is 12.3 Å². The van der Waals surface area contributed by atoms with Gasteiger partial charge in [-0.25, -0.2) is 0 Å². The molecule has 0 atom stereocenters. The number of rotatable bonds is 0. The highest BCUT2D eigenvalue weighted by Crippen LogP contribution is 1.79. The second kappa shape index (κ2) is 60.5. The van der Waals surface area contributed by atoms with Crippen LogP contribution in [0.5, 0.6) is 0 Å². The molecule has 6 N–H and O–H groups in total. The summed E-state index contributed by atoms with van der Waals surface area (Å²) in [5.41, 5.74) is 0. The van der Waals surface area contributed by atoms with Crippen molar-refractivity contribution < 1.29 is 28.2 Å². The van der Waals surface area contributed by atoms with E-state index in [2.05, 4.69) is 0 Å². The minimum atomic E-state index is 0. The van der Waals surface area contributed by atoms with E-state index < -0.39 is 0 Å². The fourth-order valence-electron chi connectivity index (χ4n) is 0.385. The highest BCUT2D eigenvalue weighted by Gasteiger charge is 1.57. The van der Waals surface area contributed by atoms with Crippen molar-refractivity contribution in [2.45, 2.75) is 0 Å². The van der Waals surface area contributed by atoms with E-state index in [1.54, 1.807) is 0 Å². The first-order chi connectivity index (χ1) is 3.00. The maximum Gasteiger partial charge on any atom is -0.0623 e. The van der Waals surface area contributed by atoms with Crippen LogP contribution in [0.25, 0.3) is 0 Å². The van der Waals surface area contributed by atoms with Crippen LogP contribution >= 0.6 is 0 Å². The lowest BCUT2D eigenvalue weighted by Gasteiger charge is -1.69. The standard InChI is InChI=1S/C6H6.6FH.2H3N/c1-2-4-6-5-3-1;;;;;;;;/h1-6H;6*1H;2*1H3. The van der Waals surface area contributed by atoms with Gasteiger partial charge in [0.25, 0.3) is 0 Å². The normalized spacial score (nSPS) is 3.43. The van der Waals surface area contributed by atoms with Crippen molar-refractivity contribution in [3.8, 4) is 0 Å². The van der Waals surface area contributed by atoms with Gasteiger partial charge in [0.2, 0.25) is 0 Å². The van der Waals surface area contributed by atoms with Gasteiger partial charge in [0.05, 0.1) is 0 Å². The first-order valence-corrected chi connectivity index (χ1v) is 2.00. The Morgan fingerprint density at radius 3 is 0.429 bits per heavy atom. The first-order valence-electron chi connectivity index (χ1n) is 2.00. The zero-order valence-electron chi connectivity index (χ0n) is 7.33. The summed E-state index contributed by atoms with van der Waals surface area (Å²) in [6.45, 7) is 0. The minimum Gasteiger partial charge on any atom is -0.344 e. The molecule has 2 nitrogen and oxygen atoms in total. The van der Waals surface area contributed by atoms with Crippen molar-refractivity contribution in [1.29, 1.82) is 0 Å². The average molecular weight is 232 g/mol. The van der Waals surface area contributed by atoms with Crippen LogP contribution in [-0.2, 0) is 0 Å². The lowest BCUT2D eigenvalue weighted by atomic mass is 10.4. The van der Waals surface area contributed by atoms with E-state index in [1.165, 1.54) is 0 Å². The van der Waals surface area contributed by atoms with Crippen molar-refractivity contribution >= 4 is 0 Å². The molecule has 0 fully saturated rings. The molecule has 8 heteroatoms. The SMILES string of the molecule is F.F.F.F.F.F.N.N.c1ccccc1. The summed E-state index contributed by atoms with van der Waals surface area (Å²) in [5, 5.41) is 0. The molecule has 0 aromatic heterocycles. The Morgan fingerprint density at radius 1 is 0.286 bits per heavy atom. The maximum absolute atomic E-state index is 2.00. The Balaban J connectivity index is -0.00000000750. The van der Waals surface area contributed by atoms with Gasteiger partial charge in [-0.15, -0.1) is 0 Å². The van der Waals surface area contributed by atoms with Crippen LogP contribution in [-0.4, -0.2) is 0 Å². The molecule has 0 saturated carbocycles. The fraction of sp³-hybridized carbons (Fsp3) is 0. The van der Waals surface area contributed by atoms with E-state index in [0.717, 1.165) is 0 Å². The Labute approximate surface area is 78.1 Å². The molecular formula is C6H18F6N2. The van der Waals surface area contributed by atoms with Crippen LogP contribution < -0.4 is 12.3 Å². The molecule has 0 spiro atoms. The molecule has 0 amide bonds. The molecule has 0 bridgehead atoms. The van der Waals surface area contributed by atoms with Crippen molar-refractivity contribution in [3.63, 3.8) is 0 Å². The summed E-state index contributed by atoms with van der Waals surface area (Å²) >= 11 is 0. The van der Waals surface area contributed by atoms with E-state index in [0.29, 0.717) is 0 Å². The molecule has 1 aromatic carbocycles. The van der Waals surface area contributed by atoms with Gasteiger partial charge in [-0.3, -0.25) is 28.2 Å². The quantitative estimate of drug-likeness (QED) is 0.675. The summed E-state index contributed by atoms with van der Waals surface area (Å²) in [6.07, 6.45) is 0. The number of halogens is 6. The predicted octanol–water partition coefficient (Wildman–Crippen LogP) is 2.93. The molecule has 94 valence electrons. The number of hydrogen-bond acceptors (Lipinski definition) is 2. The van der Waals surface area contributed by atoms with E-state index in [4.69, 9.17) is 0 Å². The van der Waals surface area contributed by atoms with Gasteiger partial charge in [0.15, 0.2) is 0 Å². The third-order valence-corrected chi connectivity index (χ3v) is 0.667. The molecule has 14 heavy (non-hydrogen) atoms. The predicted molar refractivity (Wildman–Crippen MR) is 51.5 cm³/mol. The van der Waals surface area contributed by atoms with Crippen LogP contribution in [0.15, 0.2) is 36.4 Å². The zero-order valence-corrected chi connectivity index (χ0v) is 7.33. The minimum absolute atomic E-state index is 0. The van der Waals surface area contributed by atoms with Crippen LogP contribution in [0.4, 0.5) is 28.2 Å². The topological polar surface area (TPSA) is 70.0 Å². The smallest absolute Gasteiger partial charge is 0.0623 e. The fourth-order valence-corrected chi connectivity index (χ4v) is 0.385. The molecule has 0 radical (unpaired) electrons. The van der Waals surface area contributed by atoms with Gasteiger partial charge in [-0.05, 0) is 0 Å². The van der Waals surface area contributed by atoms with Gasteiger partial charge in [-0.1, -0.05) is 36.4 Å². The lowest BCUT2D eigenvalue weighted by molar-refractivity contribution is 1.11. The van der Waals surface area contributed by atoms with Crippen LogP contribution in [0, 0.1) is 0 Å². The van der Waals surface area contributed by atoms with Crippen molar-refractivity contribution in [2.75, 3.05) is 0 Å². The molecule has 0 unspecified atom stereocenters. The summed E-state index contributed by atoms with van der Waals surface area (Å²) in [5.74, 6) is 0. The van der Waals surface area contributed by atoms with E-state index in [9.17, 15) is 0 Å². The summed E-state index contributed by atoms with van der Waals surface area (Å²) in [7, 11) is 0. The van der Waals surface area contributed by atoms with Crippen LogP contribution in [0.2, 0.25) is 0 Å². The van der Waals surface area contributed by atoms with E-state index in [1.807, 2.05) is 36.4 Å². The largest absolute Gasteiger partial charge is 0.344 e. The Kier molecular flexibility index (Phi) is 339. The Bertz CT molecular complexity index is 92.2. The highest BCUT2D eigenvalue weighted by atomic mass is 19.0. The number of benzene rings is 1. The van der Waals surface area contributed by atoms with Gasteiger partial charge in [0.1, 0.15) is 0 Å².